The summed E-state index contributed by atoms with van der Waals surface area (Å²) in [7, 11) is 0. The van der Waals surface area contributed by atoms with Gasteiger partial charge in [-0.15, -0.1) is 0 Å². The van der Waals surface area contributed by atoms with Gasteiger partial charge in [-0.2, -0.15) is 0 Å². The zero-order valence-electron chi connectivity index (χ0n) is 19.5. The second-order valence-corrected chi connectivity index (χ2v) is 10.8. The molecule has 6 nitrogen and oxygen atoms in total. The Morgan fingerprint density at radius 2 is 1.83 bits per heavy atom. The fourth-order valence-electron chi connectivity index (χ4n) is 4.75. The van der Waals surface area contributed by atoms with Crippen LogP contribution in [0, 0.1) is 0 Å². The zero-order chi connectivity index (χ0) is 24.5. The minimum absolute atomic E-state index is 0.117. The van der Waals surface area contributed by atoms with Crippen LogP contribution in [0.5, 0.6) is 0 Å². The van der Waals surface area contributed by atoms with Crippen LogP contribution < -0.4 is 0 Å². The summed E-state index contributed by atoms with van der Waals surface area (Å²) in [5, 5.41) is 0.713. The number of para-hydroxylation sites is 1. The Bertz CT molecular complexity index is 1340. The molecule has 0 spiro atoms. The molecule has 35 heavy (non-hydrogen) atoms. The molecule has 2 aliphatic heterocycles. The van der Waals surface area contributed by atoms with E-state index in [2.05, 4.69) is 28.9 Å². The molecule has 2 saturated heterocycles. The van der Waals surface area contributed by atoms with Gasteiger partial charge in [0.25, 0.3) is 11.1 Å². The van der Waals surface area contributed by atoms with Crippen LogP contribution in [0.2, 0.25) is 0 Å². The summed E-state index contributed by atoms with van der Waals surface area (Å²) in [6.07, 6.45) is 6.69. The Morgan fingerprint density at radius 3 is 2.54 bits per heavy atom. The Labute approximate surface area is 217 Å². The fourth-order valence-corrected chi connectivity index (χ4v) is 5.85. The third-order valence-electron chi connectivity index (χ3n) is 6.57. The van der Waals surface area contributed by atoms with E-state index in [1.807, 2.05) is 52.1 Å². The molecule has 0 atom stereocenters. The number of amides is 3. The lowest BCUT2D eigenvalue weighted by atomic mass is 10.1. The van der Waals surface area contributed by atoms with Gasteiger partial charge in [-0.1, -0.05) is 53.2 Å². The molecule has 0 aliphatic carbocycles. The van der Waals surface area contributed by atoms with Crippen LogP contribution in [0.15, 0.2) is 58.0 Å². The van der Waals surface area contributed by atoms with E-state index in [0.717, 1.165) is 76.2 Å². The highest BCUT2D eigenvalue weighted by atomic mass is 79.9. The van der Waals surface area contributed by atoms with E-state index < -0.39 is 0 Å². The van der Waals surface area contributed by atoms with E-state index in [4.69, 9.17) is 0 Å². The van der Waals surface area contributed by atoms with Crippen LogP contribution in [0.25, 0.3) is 17.0 Å². The van der Waals surface area contributed by atoms with Crippen molar-refractivity contribution in [3.8, 4) is 0 Å². The van der Waals surface area contributed by atoms with Crippen molar-refractivity contribution >= 4 is 61.7 Å². The lowest BCUT2D eigenvalue weighted by Crippen LogP contribution is -2.30. The molecule has 3 heterocycles. The molecule has 0 radical (unpaired) electrons. The molecule has 2 aromatic carbocycles. The number of fused-ring (bicyclic) bond motifs is 1. The molecule has 0 bridgehead atoms. The van der Waals surface area contributed by atoms with E-state index in [9.17, 15) is 14.4 Å². The first-order valence-corrected chi connectivity index (χ1v) is 13.4. The van der Waals surface area contributed by atoms with Gasteiger partial charge in [-0.3, -0.25) is 19.3 Å². The summed E-state index contributed by atoms with van der Waals surface area (Å²) in [4.78, 5) is 42.4. The number of aryl methyl sites for hydroxylation is 1. The van der Waals surface area contributed by atoms with Gasteiger partial charge in [0.15, 0.2) is 0 Å². The first-order valence-electron chi connectivity index (χ1n) is 11.8. The molecule has 3 aromatic rings. The van der Waals surface area contributed by atoms with Crippen LogP contribution in [0.3, 0.4) is 0 Å². The van der Waals surface area contributed by atoms with Gasteiger partial charge in [-0.05, 0) is 60.4 Å². The Hall–Kier alpha value is -2.84. The molecule has 0 N–H and O–H groups in total. The zero-order valence-corrected chi connectivity index (χ0v) is 21.9. The number of hydrogen-bond donors (Lipinski definition) is 0. The molecule has 180 valence electrons. The standard InChI is InChI=1S/C27H26BrN3O3S/c1-2-19-6-5-7-22-20(16-30(25(19)22)17-24(32)29-12-3-4-13-29)14-23-26(33)31(27(34)35-23)15-18-8-10-21(28)11-9-18/h5-11,14,16H,2-4,12-13,15,17H2,1H3/b23-14-. The summed E-state index contributed by atoms with van der Waals surface area (Å²) in [5.41, 5.74) is 3.91. The van der Waals surface area contributed by atoms with Crippen molar-refractivity contribution in [2.45, 2.75) is 39.3 Å². The van der Waals surface area contributed by atoms with Gasteiger partial charge in [0.1, 0.15) is 6.54 Å². The van der Waals surface area contributed by atoms with Crippen LogP contribution in [-0.4, -0.2) is 44.5 Å². The SMILES string of the molecule is CCc1cccc2c(/C=C3\SC(=O)N(Cc4ccc(Br)cc4)C3=O)cn(CC(=O)N3CCCC3)c12. The molecule has 5 rings (SSSR count). The molecular weight excluding hydrogens is 526 g/mol. The number of carbonyl (C=O) groups excluding carboxylic acids is 3. The summed E-state index contributed by atoms with van der Waals surface area (Å²) in [6, 6.07) is 13.7. The van der Waals surface area contributed by atoms with Crippen LogP contribution >= 0.6 is 27.7 Å². The number of benzene rings is 2. The van der Waals surface area contributed by atoms with Crippen LogP contribution in [-0.2, 0) is 29.1 Å². The summed E-state index contributed by atoms with van der Waals surface area (Å²) in [6.45, 7) is 4.24. The highest BCUT2D eigenvalue weighted by Gasteiger charge is 2.35. The largest absolute Gasteiger partial charge is 0.341 e. The highest BCUT2D eigenvalue weighted by molar-refractivity contribution is 9.10. The maximum Gasteiger partial charge on any atom is 0.293 e. The third-order valence-corrected chi connectivity index (χ3v) is 8.01. The molecule has 8 heteroatoms. The predicted octanol–water partition coefficient (Wildman–Crippen LogP) is 5.83. The Balaban J connectivity index is 1.46. The number of carbonyl (C=O) groups is 3. The molecule has 0 saturated carbocycles. The quantitative estimate of drug-likeness (QED) is 0.362. The first kappa shape index (κ1) is 23.9. The molecule has 2 aliphatic rings. The molecule has 0 unspecified atom stereocenters. The van der Waals surface area contributed by atoms with Crippen molar-refractivity contribution in [2.24, 2.45) is 0 Å². The number of thioether (sulfide) groups is 1. The topological polar surface area (TPSA) is 62.6 Å². The Morgan fingerprint density at radius 1 is 1.09 bits per heavy atom. The minimum atomic E-state index is -0.288. The summed E-state index contributed by atoms with van der Waals surface area (Å²) >= 11 is 4.37. The number of hydrogen-bond acceptors (Lipinski definition) is 4. The van der Waals surface area contributed by atoms with E-state index in [1.54, 1.807) is 6.08 Å². The van der Waals surface area contributed by atoms with Gasteiger partial charge >= 0.3 is 0 Å². The number of likely N-dealkylation sites (tertiary alicyclic amines) is 1. The first-order chi connectivity index (χ1) is 16.9. The van der Waals surface area contributed by atoms with Gasteiger partial charge in [0.2, 0.25) is 5.91 Å². The monoisotopic (exact) mass is 551 g/mol. The highest BCUT2D eigenvalue weighted by Crippen LogP contribution is 2.36. The number of aromatic nitrogens is 1. The molecule has 1 aromatic heterocycles. The maximum absolute atomic E-state index is 13.1. The van der Waals surface area contributed by atoms with Crippen molar-refractivity contribution in [1.29, 1.82) is 0 Å². The predicted molar refractivity (Wildman–Crippen MR) is 143 cm³/mol. The minimum Gasteiger partial charge on any atom is -0.341 e. The summed E-state index contributed by atoms with van der Waals surface area (Å²) in [5.74, 6) is -0.171. The van der Waals surface area contributed by atoms with Crippen molar-refractivity contribution in [3.63, 3.8) is 0 Å². The van der Waals surface area contributed by atoms with Gasteiger partial charge in [0, 0.05) is 34.7 Å². The van der Waals surface area contributed by atoms with Crippen molar-refractivity contribution < 1.29 is 14.4 Å². The van der Waals surface area contributed by atoms with Crippen molar-refractivity contribution in [2.75, 3.05) is 13.1 Å². The van der Waals surface area contributed by atoms with E-state index >= 15 is 0 Å². The Kier molecular flexibility index (Phi) is 6.84. The van der Waals surface area contributed by atoms with Crippen molar-refractivity contribution in [3.05, 3.63) is 74.7 Å². The van der Waals surface area contributed by atoms with Crippen LogP contribution in [0.4, 0.5) is 4.79 Å². The van der Waals surface area contributed by atoms with E-state index in [0.29, 0.717) is 4.91 Å². The number of nitrogens with zero attached hydrogens (tertiary/aromatic N) is 3. The van der Waals surface area contributed by atoms with Gasteiger partial charge in [-0.25, -0.2) is 0 Å². The van der Waals surface area contributed by atoms with E-state index in [1.165, 1.54) is 4.90 Å². The second kappa shape index (κ2) is 10.0. The van der Waals surface area contributed by atoms with Crippen molar-refractivity contribution in [1.82, 2.24) is 14.4 Å². The number of halogens is 1. The maximum atomic E-state index is 13.1. The average molecular weight is 552 g/mol. The van der Waals surface area contributed by atoms with Gasteiger partial charge in [0.05, 0.1) is 17.0 Å². The summed E-state index contributed by atoms with van der Waals surface area (Å²) < 4.78 is 2.95. The van der Waals surface area contributed by atoms with Crippen LogP contribution in [0.1, 0.15) is 36.5 Å². The number of rotatable bonds is 6. The van der Waals surface area contributed by atoms with Gasteiger partial charge < -0.3 is 9.47 Å². The molecule has 3 amide bonds. The number of imide groups is 1. The van der Waals surface area contributed by atoms with E-state index in [-0.39, 0.29) is 30.1 Å². The lowest BCUT2D eigenvalue weighted by molar-refractivity contribution is -0.130. The normalized spacial score (nSPS) is 17.4. The molecule has 2 fully saturated rings. The fraction of sp³-hybridized carbons (Fsp3) is 0.296. The lowest BCUT2D eigenvalue weighted by Gasteiger charge is -2.16. The molecular formula is C27H26BrN3O3S. The smallest absolute Gasteiger partial charge is 0.293 e. The average Bonchev–Trinajstić information content (AvgIpc) is 3.57. The second-order valence-electron chi connectivity index (χ2n) is 8.86. The third kappa shape index (κ3) is 4.82.